The van der Waals surface area contributed by atoms with E-state index in [0.717, 1.165) is 30.5 Å². The maximum atomic E-state index is 9.78. The predicted octanol–water partition coefficient (Wildman–Crippen LogP) is 2.16. The van der Waals surface area contributed by atoms with Gasteiger partial charge in [0.15, 0.2) is 0 Å². The Kier molecular flexibility index (Phi) is 6.76. The van der Waals surface area contributed by atoms with Gasteiger partial charge in [-0.3, -0.25) is 0 Å². The maximum absolute atomic E-state index is 9.78. The van der Waals surface area contributed by atoms with Crippen molar-refractivity contribution >= 4 is 27.3 Å². The van der Waals surface area contributed by atoms with Crippen LogP contribution < -0.4 is 5.32 Å². The summed E-state index contributed by atoms with van der Waals surface area (Å²) < 4.78 is 12.0. The molecule has 0 amide bonds. The van der Waals surface area contributed by atoms with Crippen molar-refractivity contribution in [1.82, 2.24) is 5.32 Å². The number of aliphatic hydroxyl groups is 1. The van der Waals surface area contributed by atoms with Crippen LogP contribution in [0.25, 0.3) is 0 Å². The second-order valence-electron chi connectivity index (χ2n) is 4.65. The van der Waals surface area contributed by atoms with Crippen LogP contribution in [0.1, 0.15) is 17.7 Å². The molecule has 2 N–H and O–H groups in total. The van der Waals surface area contributed by atoms with E-state index < -0.39 is 6.10 Å². The highest BCUT2D eigenvalue weighted by molar-refractivity contribution is 9.10. The van der Waals surface area contributed by atoms with Crippen molar-refractivity contribution in [3.63, 3.8) is 0 Å². The van der Waals surface area contributed by atoms with Crippen molar-refractivity contribution in [1.29, 1.82) is 0 Å². The van der Waals surface area contributed by atoms with Gasteiger partial charge in [-0.05, 0) is 40.2 Å². The summed E-state index contributed by atoms with van der Waals surface area (Å²) in [7, 11) is 0. The lowest BCUT2D eigenvalue weighted by molar-refractivity contribution is -0.0164. The zero-order chi connectivity index (χ0) is 13.5. The minimum absolute atomic E-state index is 0.224. The summed E-state index contributed by atoms with van der Waals surface area (Å²) in [6, 6.07) is 2.03. The standard InChI is InChI=1S/C13H20BrNO3S/c14-12-3-5-19-13(12)7-15-6-10(16)8-17-9-11-2-1-4-18-11/h3,5,10-11,15-16H,1-2,4,6-9H2. The lowest BCUT2D eigenvalue weighted by atomic mass is 10.2. The molecule has 0 aromatic carbocycles. The van der Waals surface area contributed by atoms with E-state index in [0.29, 0.717) is 19.8 Å². The Balaban J connectivity index is 1.52. The average molecular weight is 350 g/mol. The molecule has 0 bridgehead atoms. The smallest absolute Gasteiger partial charge is 0.0897 e. The van der Waals surface area contributed by atoms with Gasteiger partial charge in [0.05, 0.1) is 25.4 Å². The number of thiophene rings is 1. The van der Waals surface area contributed by atoms with Crippen molar-refractivity contribution in [3.8, 4) is 0 Å². The third-order valence-electron chi connectivity index (χ3n) is 2.99. The first kappa shape index (κ1) is 15.4. The number of ether oxygens (including phenoxy) is 2. The Bertz CT molecular complexity index is 369. The first-order chi connectivity index (χ1) is 9.25. The van der Waals surface area contributed by atoms with Crippen molar-refractivity contribution in [2.45, 2.75) is 31.6 Å². The van der Waals surface area contributed by atoms with Gasteiger partial charge >= 0.3 is 0 Å². The molecule has 1 aliphatic rings. The molecule has 19 heavy (non-hydrogen) atoms. The molecule has 1 aromatic heterocycles. The largest absolute Gasteiger partial charge is 0.389 e. The minimum atomic E-state index is -0.472. The van der Waals surface area contributed by atoms with Gasteiger partial charge in [0.25, 0.3) is 0 Å². The topological polar surface area (TPSA) is 50.7 Å². The van der Waals surface area contributed by atoms with Gasteiger partial charge < -0.3 is 19.9 Å². The number of hydrogen-bond donors (Lipinski definition) is 2. The van der Waals surface area contributed by atoms with Crippen LogP contribution in [-0.4, -0.2) is 43.7 Å². The van der Waals surface area contributed by atoms with Crippen molar-refractivity contribution in [2.75, 3.05) is 26.4 Å². The van der Waals surface area contributed by atoms with E-state index in [1.807, 2.05) is 11.4 Å². The van der Waals surface area contributed by atoms with Gasteiger partial charge in [0.2, 0.25) is 0 Å². The van der Waals surface area contributed by atoms with Gasteiger partial charge in [0.1, 0.15) is 0 Å². The molecule has 0 radical (unpaired) electrons. The average Bonchev–Trinajstić information content (AvgIpc) is 3.02. The summed E-state index contributed by atoms with van der Waals surface area (Å²) in [6.07, 6.45) is 1.94. The van der Waals surface area contributed by atoms with Gasteiger partial charge in [0, 0.05) is 29.0 Å². The first-order valence-electron chi connectivity index (χ1n) is 6.55. The summed E-state index contributed by atoms with van der Waals surface area (Å²) >= 11 is 5.18. The summed E-state index contributed by atoms with van der Waals surface area (Å²) in [6.45, 7) is 3.09. The normalized spacial score (nSPS) is 20.8. The number of hydrogen-bond acceptors (Lipinski definition) is 5. The van der Waals surface area contributed by atoms with E-state index in [-0.39, 0.29) is 6.10 Å². The van der Waals surface area contributed by atoms with Crippen LogP contribution in [0.2, 0.25) is 0 Å². The van der Waals surface area contributed by atoms with Crippen LogP contribution in [-0.2, 0) is 16.0 Å². The summed E-state index contributed by atoms with van der Waals surface area (Å²) in [5.41, 5.74) is 0. The number of halogens is 1. The molecule has 1 fully saturated rings. The minimum Gasteiger partial charge on any atom is -0.389 e. The van der Waals surface area contributed by atoms with E-state index in [1.54, 1.807) is 11.3 Å². The van der Waals surface area contributed by atoms with Crippen LogP contribution in [0.3, 0.4) is 0 Å². The fourth-order valence-electron chi connectivity index (χ4n) is 1.97. The zero-order valence-corrected chi connectivity index (χ0v) is 13.2. The van der Waals surface area contributed by atoms with Gasteiger partial charge in [-0.2, -0.15) is 0 Å². The molecule has 2 unspecified atom stereocenters. The third kappa shape index (κ3) is 5.49. The summed E-state index contributed by atoms with van der Waals surface area (Å²) in [5.74, 6) is 0. The van der Waals surface area contributed by atoms with Gasteiger partial charge in [-0.25, -0.2) is 0 Å². The van der Waals surface area contributed by atoms with Crippen LogP contribution in [0.15, 0.2) is 15.9 Å². The fourth-order valence-corrected chi connectivity index (χ4v) is 3.44. The van der Waals surface area contributed by atoms with Crippen LogP contribution in [0.4, 0.5) is 0 Å². The highest BCUT2D eigenvalue weighted by Crippen LogP contribution is 2.22. The monoisotopic (exact) mass is 349 g/mol. The maximum Gasteiger partial charge on any atom is 0.0897 e. The molecule has 0 saturated carbocycles. The SMILES string of the molecule is OC(CNCc1sccc1Br)COCC1CCCO1. The first-order valence-corrected chi connectivity index (χ1v) is 8.23. The summed E-state index contributed by atoms with van der Waals surface area (Å²) in [4.78, 5) is 1.24. The summed E-state index contributed by atoms with van der Waals surface area (Å²) in [5, 5.41) is 15.1. The van der Waals surface area contributed by atoms with Crippen LogP contribution in [0.5, 0.6) is 0 Å². The molecule has 1 aliphatic heterocycles. The molecule has 6 heteroatoms. The van der Waals surface area contributed by atoms with Crippen molar-refractivity contribution < 1.29 is 14.6 Å². The molecular weight excluding hydrogens is 330 g/mol. The van der Waals surface area contributed by atoms with Crippen LogP contribution in [0, 0.1) is 0 Å². The number of aliphatic hydroxyl groups excluding tert-OH is 1. The molecule has 2 rings (SSSR count). The van der Waals surface area contributed by atoms with E-state index in [9.17, 15) is 5.11 Å². The second-order valence-corrected chi connectivity index (χ2v) is 6.50. The Hall–Kier alpha value is 0.0200. The van der Waals surface area contributed by atoms with E-state index in [4.69, 9.17) is 9.47 Å². The number of nitrogens with one attached hydrogen (secondary N) is 1. The molecule has 1 saturated heterocycles. The fraction of sp³-hybridized carbons (Fsp3) is 0.692. The number of rotatable bonds is 8. The Morgan fingerprint density at radius 2 is 2.53 bits per heavy atom. The molecular formula is C13H20BrNO3S. The molecule has 108 valence electrons. The Labute approximate surface area is 126 Å². The Morgan fingerprint density at radius 1 is 1.63 bits per heavy atom. The second kappa shape index (κ2) is 8.34. The molecule has 2 atom stereocenters. The van der Waals surface area contributed by atoms with Gasteiger partial charge in [-0.15, -0.1) is 11.3 Å². The zero-order valence-electron chi connectivity index (χ0n) is 10.8. The van der Waals surface area contributed by atoms with Crippen LogP contribution >= 0.6 is 27.3 Å². The lowest BCUT2D eigenvalue weighted by Crippen LogP contribution is -2.31. The highest BCUT2D eigenvalue weighted by Gasteiger charge is 2.16. The quantitative estimate of drug-likeness (QED) is 0.755. The molecule has 0 spiro atoms. The van der Waals surface area contributed by atoms with E-state index >= 15 is 0 Å². The van der Waals surface area contributed by atoms with E-state index in [2.05, 4.69) is 21.2 Å². The lowest BCUT2D eigenvalue weighted by Gasteiger charge is -2.14. The molecule has 2 heterocycles. The predicted molar refractivity (Wildman–Crippen MR) is 79.5 cm³/mol. The third-order valence-corrected chi connectivity index (χ3v) is 4.92. The molecule has 0 aliphatic carbocycles. The molecule has 1 aromatic rings. The van der Waals surface area contributed by atoms with E-state index in [1.165, 1.54) is 4.88 Å². The van der Waals surface area contributed by atoms with Gasteiger partial charge in [-0.1, -0.05) is 0 Å². The van der Waals surface area contributed by atoms with Crippen molar-refractivity contribution in [3.05, 3.63) is 20.8 Å². The Morgan fingerprint density at radius 3 is 3.21 bits per heavy atom. The van der Waals surface area contributed by atoms with Crippen molar-refractivity contribution in [2.24, 2.45) is 0 Å². The molecule has 4 nitrogen and oxygen atoms in total. The highest BCUT2D eigenvalue weighted by atomic mass is 79.9.